The van der Waals surface area contributed by atoms with Crippen LogP contribution in [0.2, 0.25) is 0 Å². The first-order valence-corrected chi connectivity index (χ1v) is 9.39. The second-order valence-electron chi connectivity index (χ2n) is 6.10. The molecule has 2 heterocycles. The van der Waals surface area contributed by atoms with Crippen LogP contribution in [0.1, 0.15) is 17.4 Å². The molecule has 152 valence electrons. The second kappa shape index (κ2) is 8.58. The molecule has 2 N–H and O–H groups in total. The monoisotopic (exact) mass is 423 g/mol. The molecule has 1 aromatic carbocycles. The molecule has 3 rings (SSSR count). The van der Waals surface area contributed by atoms with Gasteiger partial charge in [-0.1, -0.05) is 0 Å². The maximum atomic E-state index is 12.5. The van der Waals surface area contributed by atoms with Crippen LogP contribution >= 0.6 is 11.3 Å². The van der Waals surface area contributed by atoms with E-state index in [4.69, 9.17) is 5.11 Å². The summed E-state index contributed by atoms with van der Waals surface area (Å²) < 4.78 is 40.9. The van der Waals surface area contributed by atoms with Gasteiger partial charge in [-0.15, -0.1) is 13.2 Å². The molecule has 0 fully saturated rings. The Morgan fingerprint density at radius 3 is 2.52 bits per heavy atom. The van der Waals surface area contributed by atoms with Crippen LogP contribution in [-0.2, 0) is 0 Å². The molecule has 1 atom stereocenters. The third kappa shape index (κ3) is 5.52. The number of carbonyl (C=O) groups excluding carboxylic acids is 1. The van der Waals surface area contributed by atoms with Gasteiger partial charge in [-0.05, 0) is 48.7 Å². The molecule has 1 amide bonds. The number of amides is 1. The minimum atomic E-state index is -4.78. The van der Waals surface area contributed by atoms with Gasteiger partial charge in [-0.25, -0.2) is 9.97 Å². The third-order valence-electron chi connectivity index (χ3n) is 3.77. The smallest absolute Gasteiger partial charge is 0.406 e. The summed E-state index contributed by atoms with van der Waals surface area (Å²) in [6.45, 7) is 1.40. The summed E-state index contributed by atoms with van der Waals surface area (Å²) >= 11 is 1.44. The Morgan fingerprint density at radius 1 is 1.21 bits per heavy atom. The van der Waals surface area contributed by atoms with Crippen molar-refractivity contribution in [1.29, 1.82) is 0 Å². The van der Waals surface area contributed by atoms with Gasteiger partial charge >= 0.3 is 6.36 Å². The molecule has 3 aromatic rings. The van der Waals surface area contributed by atoms with Crippen molar-refractivity contribution < 1.29 is 27.8 Å². The van der Waals surface area contributed by atoms with Crippen molar-refractivity contribution in [3.8, 4) is 28.4 Å². The van der Waals surface area contributed by atoms with Gasteiger partial charge in [0.25, 0.3) is 5.91 Å². The Labute approximate surface area is 168 Å². The lowest BCUT2D eigenvalue weighted by molar-refractivity contribution is -0.274. The summed E-state index contributed by atoms with van der Waals surface area (Å²) in [6.07, 6.45) is -4.78. The molecular weight excluding hydrogens is 407 g/mol. The lowest BCUT2D eigenvalue weighted by Crippen LogP contribution is -2.35. The van der Waals surface area contributed by atoms with E-state index in [0.29, 0.717) is 22.6 Å². The normalized spacial score (nSPS) is 12.4. The van der Waals surface area contributed by atoms with Gasteiger partial charge in [0.1, 0.15) is 11.4 Å². The number of alkyl halides is 3. The average Bonchev–Trinajstić information content (AvgIpc) is 3.21. The molecule has 6 nitrogen and oxygen atoms in total. The second-order valence-corrected chi connectivity index (χ2v) is 6.88. The minimum absolute atomic E-state index is 0.0760. The Balaban J connectivity index is 1.98. The molecule has 2 aromatic heterocycles. The number of aliphatic hydroxyl groups is 1. The van der Waals surface area contributed by atoms with Crippen LogP contribution in [0.5, 0.6) is 5.75 Å². The van der Waals surface area contributed by atoms with Crippen LogP contribution in [0.15, 0.2) is 47.2 Å². The predicted molar refractivity (Wildman–Crippen MR) is 101 cm³/mol. The molecule has 0 saturated heterocycles. The zero-order chi connectivity index (χ0) is 21.0. The molecule has 10 heteroatoms. The largest absolute Gasteiger partial charge is 0.573 e. The van der Waals surface area contributed by atoms with E-state index in [1.54, 1.807) is 13.0 Å². The van der Waals surface area contributed by atoms with E-state index in [0.717, 1.165) is 0 Å². The number of halogens is 3. The maximum Gasteiger partial charge on any atom is 0.573 e. The van der Waals surface area contributed by atoms with E-state index in [-0.39, 0.29) is 18.1 Å². The number of hydrogen-bond acceptors (Lipinski definition) is 6. The number of thiophene rings is 1. The van der Waals surface area contributed by atoms with E-state index in [1.807, 2.05) is 10.8 Å². The van der Waals surface area contributed by atoms with Crippen molar-refractivity contribution in [1.82, 2.24) is 15.3 Å². The first-order chi connectivity index (χ1) is 13.7. The molecule has 0 bridgehead atoms. The Bertz CT molecular complexity index is 977. The van der Waals surface area contributed by atoms with Gasteiger partial charge in [0.15, 0.2) is 5.82 Å². The quantitative estimate of drug-likeness (QED) is 0.629. The molecule has 0 aliphatic rings. The zero-order valence-electron chi connectivity index (χ0n) is 15.1. The summed E-state index contributed by atoms with van der Waals surface area (Å²) in [5.41, 5.74) is 1.63. The van der Waals surface area contributed by atoms with Crippen molar-refractivity contribution in [3.05, 3.63) is 52.9 Å². The fourth-order valence-corrected chi connectivity index (χ4v) is 3.04. The first-order valence-electron chi connectivity index (χ1n) is 8.45. The van der Waals surface area contributed by atoms with Crippen molar-refractivity contribution >= 4 is 17.2 Å². The number of hydrogen-bond donors (Lipinski definition) is 2. The van der Waals surface area contributed by atoms with Crippen LogP contribution in [0.4, 0.5) is 13.2 Å². The molecule has 0 radical (unpaired) electrons. The summed E-state index contributed by atoms with van der Waals surface area (Å²) in [6, 6.07) is 7.93. The Morgan fingerprint density at radius 2 is 1.93 bits per heavy atom. The lowest BCUT2D eigenvalue weighted by Gasteiger charge is -2.12. The van der Waals surface area contributed by atoms with E-state index in [9.17, 15) is 18.0 Å². The molecule has 0 spiro atoms. The number of ether oxygens (including phenoxy) is 1. The van der Waals surface area contributed by atoms with Crippen LogP contribution in [0.3, 0.4) is 0 Å². The first kappa shape index (κ1) is 20.7. The fraction of sp³-hybridized carbons (Fsp3) is 0.211. The molecule has 1 unspecified atom stereocenters. The van der Waals surface area contributed by atoms with E-state index in [1.165, 1.54) is 41.7 Å². The highest BCUT2D eigenvalue weighted by Crippen LogP contribution is 2.28. The number of rotatable bonds is 6. The number of nitrogens with zero attached hydrogens (tertiary/aromatic N) is 2. The highest BCUT2D eigenvalue weighted by Gasteiger charge is 2.31. The fourth-order valence-electron chi connectivity index (χ4n) is 2.40. The summed E-state index contributed by atoms with van der Waals surface area (Å²) in [5.74, 6) is -0.548. The highest BCUT2D eigenvalue weighted by atomic mass is 32.1. The maximum absolute atomic E-state index is 12.5. The number of benzene rings is 1. The van der Waals surface area contributed by atoms with Crippen LogP contribution < -0.4 is 10.1 Å². The standard InChI is InChI=1S/C19H16F3N3O3S/c1-11(9-26)23-18(27)16-8-15(24-17(25-16)13-6-7-29-10-13)12-2-4-14(5-3-12)28-19(20,21)22/h2-8,10-11,26H,9H2,1H3,(H,23,27). The summed E-state index contributed by atoms with van der Waals surface area (Å²) in [5, 5.41) is 15.4. The van der Waals surface area contributed by atoms with Gasteiger partial charge in [-0.2, -0.15) is 11.3 Å². The van der Waals surface area contributed by atoms with Gasteiger partial charge < -0.3 is 15.2 Å². The third-order valence-corrected chi connectivity index (χ3v) is 4.46. The number of aromatic nitrogens is 2. The SMILES string of the molecule is CC(CO)NC(=O)c1cc(-c2ccc(OC(F)(F)F)cc2)nc(-c2ccsc2)n1. The lowest BCUT2D eigenvalue weighted by atomic mass is 10.1. The molecule has 0 aliphatic heterocycles. The molecular formula is C19H16F3N3O3S. The number of aliphatic hydroxyl groups excluding tert-OH is 1. The summed E-state index contributed by atoms with van der Waals surface area (Å²) in [4.78, 5) is 21.2. The predicted octanol–water partition coefficient (Wildman–Crippen LogP) is 3.88. The Kier molecular flexibility index (Phi) is 6.14. The minimum Gasteiger partial charge on any atom is -0.406 e. The van der Waals surface area contributed by atoms with Crippen LogP contribution in [0.25, 0.3) is 22.6 Å². The van der Waals surface area contributed by atoms with Crippen molar-refractivity contribution in [2.45, 2.75) is 19.3 Å². The molecule has 29 heavy (non-hydrogen) atoms. The molecule has 0 saturated carbocycles. The van der Waals surface area contributed by atoms with Crippen LogP contribution in [0, 0.1) is 0 Å². The van der Waals surface area contributed by atoms with Gasteiger partial charge in [0, 0.05) is 22.5 Å². The topological polar surface area (TPSA) is 84.3 Å². The van der Waals surface area contributed by atoms with Crippen molar-refractivity contribution in [3.63, 3.8) is 0 Å². The zero-order valence-corrected chi connectivity index (χ0v) is 15.9. The average molecular weight is 423 g/mol. The Hall–Kier alpha value is -2.98. The highest BCUT2D eigenvalue weighted by molar-refractivity contribution is 7.08. The van der Waals surface area contributed by atoms with Crippen molar-refractivity contribution in [2.75, 3.05) is 6.61 Å². The van der Waals surface area contributed by atoms with Gasteiger partial charge in [-0.3, -0.25) is 4.79 Å². The summed E-state index contributed by atoms with van der Waals surface area (Å²) in [7, 11) is 0. The van der Waals surface area contributed by atoms with E-state index >= 15 is 0 Å². The number of nitrogens with one attached hydrogen (secondary N) is 1. The number of carbonyl (C=O) groups is 1. The molecule has 0 aliphatic carbocycles. The van der Waals surface area contributed by atoms with Gasteiger partial charge in [0.2, 0.25) is 0 Å². The van der Waals surface area contributed by atoms with Crippen LogP contribution in [-0.4, -0.2) is 40.0 Å². The van der Waals surface area contributed by atoms with E-state index < -0.39 is 18.3 Å². The van der Waals surface area contributed by atoms with E-state index in [2.05, 4.69) is 20.0 Å². The van der Waals surface area contributed by atoms with Gasteiger partial charge in [0.05, 0.1) is 12.3 Å². The van der Waals surface area contributed by atoms with Crippen molar-refractivity contribution in [2.24, 2.45) is 0 Å².